The van der Waals surface area contributed by atoms with Crippen molar-refractivity contribution in [3.63, 3.8) is 0 Å². The molecule has 0 spiro atoms. The van der Waals surface area contributed by atoms with Crippen molar-refractivity contribution in [3.05, 3.63) is 93.7 Å². The van der Waals surface area contributed by atoms with Crippen LogP contribution in [0.1, 0.15) is 26.9 Å². The number of hydrogen-bond donors (Lipinski definition) is 1. The molecule has 0 radical (unpaired) electrons. The van der Waals surface area contributed by atoms with E-state index in [4.69, 9.17) is 4.74 Å². The Morgan fingerprint density at radius 2 is 1.85 bits per heavy atom. The molecule has 128 valence electrons. The minimum Gasteiger partial charge on any atom is -0.480 e. The van der Waals surface area contributed by atoms with Gasteiger partial charge in [-0.1, -0.05) is 54.6 Å². The zero-order chi connectivity index (χ0) is 17.8. The summed E-state index contributed by atoms with van der Waals surface area (Å²) in [6, 6.07) is 21.4. The van der Waals surface area contributed by atoms with Crippen LogP contribution >= 0.6 is 11.3 Å². The van der Waals surface area contributed by atoms with E-state index < -0.39 is 0 Å². The lowest BCUT2D eigenvalue weighted by Gasteiger charge is -2.25. The van der Waals surface area contributed by atoms with Crippen molar-refractivity contribution in [2.45, 2.75) is 6.10 Å². The lowest BCUT2D eigenvalue weighted by Crippen LogP contribution is -2.19. The van der Waals surface area contributed by atoms with Gasteiger partial charge in [0.1, 0.15) is 5.75 Å². The van der Waals surface area contributed by atoms with Gasteiger partial charge in [0.2, 0.25) is 0 Å². The number of rotatable bonds is 4. The highest BCUT2D eigenvalue weighted by molar-refractivity contribution is 7.12. The van der Waals surface area contributed by atoms with Crippen LogP contribution in [-0.2, 0) is 0 Å². The van der Waals surface area contributed by atoms with Crippen LogP contribution < -0.4 is 10.2 Å². The normalized spacial score (nSPS) is 15.8. The fraction of sp³-hybridized carbons (Fsp3) is 0.0476. The number of hydrogen-bond acceptors (Lipinski definition) is 4. The maximum absolute atomic E-state index is 12.0. The van der Waals surface area contributed by atoms with Crippen LogP contribution in [0.5, 0.6) is 5.75 Å². The molecule has 0 aliphatic carbocycles. The molecule has 2 heterocycles. The van der Waals surface area contributed by atoms with Gasteiger partial charge in [-0.05, 0) is 29.2 Å². The molecule has 0 fully saturated rings. The summed E-state index contributed by atoms with van der Waals surface area (Å²) in [5.74, 6) is 0.617. The predicted molar refractivity (Wildman–Crippen MR) is 105 cm³/mol. The van der Waals surface area contributed by atoms with E-state index in [-0.39, 0.29) is 12.0 Å². The number of benzene rings is 2. The SMILES string of the molecule is O=C(N/N=C/C1=Cc2ccccc2OC1c1ccccc1)c1cccs1. The fourth-order valence-corrected chi connectivity index (χ4v) is 3.39. The second-order valence-corrected chi connectivity index (χ2v) is 6.71. The Hall–Kier alpha value is -3.18. The van der Waals surface area contributed by atoms with Gasteiger partial charge in [0.05, 0.1) is 11.1 Å². The van der Waals surface area contributed by atoms with E-state index in [0.29, 0.717) is 4.88 Å². The molecule has 3 aromatic rings. The smallest absolute Gasteiger partial charge is 0.281 e. The van der Waals surface area contributed by atoms with Crippen LogP contribution in [0.2, 0.25) is 0 Å². The molecular formula is C21H16N2O2S. The molecule has 1 aliphatic heterocycles. The van der Waals surface area contributed by atoms with Gasteiger partial charge >= 0.3 is 0 Å². The summed E-state index contributed by atoms with van der Waals surface area (Å²) in [6.45, 7) is 0. The van der Waals surface area contributed by atoms with Crippen LogP contribution in [0.3, 0.4) is 0 Å². The molecule has 4 rings (SSSR count). The number of carbonyl (C=O) groups excluding carboxylic acids is 1. The average molecular weight is 360 g/mol. The zero-order valence-corrected chi connectivity index (χ0v) is 14.6. The number of amides is 1. The molecule has 26 heavy (non-hydrogen) atoms. The van der Waals surface area contributed by atoms with E-state index in [9.17, 15) is 4.79 Å². The molecule has 1 aromatic heterocycles. The minimum absolute atomic E-state index is 0.217. The molecule has 0 bridgehead atoms. The van der Waals surface area contributed by atoms with Crippen LogP contribution in [-0.4, -0.2) is 12.1 Å². The molecule has 1 N–H and O–H groups in total. The minimum atomic E-state index is -0.270. The summed E-state index contributed by atoms with van der Waals surface area (Å²) in [7, 11) is 0. The van der Waals surface area contributed by atoms with Crippen molar-refractivity contribution in [1.29, 1.82) is 0 Å². The van der Waals surface area contributed by atoms with Gasteiger partial charge in [-0.15, -0.1) is 11.3 Å². The summed E-state index contributed by atoms with van der Waals surface area (Å²) in [5, 5.41) is 5.99. The zero-order valence-electron chi connectivity index (χ0n) is 13.8. The number of nitrogens with zero attached hydrogens (tertiary/aromatic N) is 1. The summed E-state index contributed by atoms with van der Waals surface area (Å²) in [5.41, 5.74) is 5.47. The van der Waals surface area contributed by atoms with Crippen LogP contribution in [0.4, 0.5) is 0 Å². The monoisotopic (exact) mass is 360 g/mol. The fourth-order valence-electron chi connectivity index (χ4n) is 2.78. The van der Waals surface area contributed by atoms with Gasteiger partial charge in [0, 0.05) is 11.1 Å². The number of ether oxygens (including phenoxy) is 1. The third kappa shape index (κ3) is 3.43. The Bertz CT molecular complexity index is 963. The third-order valence-corrected chi connectivity index (χ3v) is 4.88. The maximum Gasteiger partial charge on any atom is 0.281 e. The Balaban J connectivity index is 1.61. The highest BCUT2D eigenvalue weighted by Gasteiger charge is 2.23. The highest BCUT2D eigenvalue weighted by Crippen LogP contribution is 2.36. The topological polar surface area (TPSA) is 50.7 Å². The van der Waals surface area contributed by atoms with Gasteiger partial charge in [-0.25, -0.2) is 5.43 Å². The van der Waals surface area contributed by atoms with E-state index in [1.807, 2.05) is 72.1 Å². The van der Waals surface area contributed by atoms with Gasteiger partial charge in [-0.2, -0.15) is 5.10 Å². The molecule has 5 heteroatoms. The van der Waals surface area contributed by atoms with Crippen molar-refractivity contribution in [2.75, 3.05) is 0 Å². The molecule has 0 saturated carbocycles. The third-order valence-electron chi connectivity index (χ3n) is 4.02. The largest absolute Gasteiger partial charge is 0.480 e. The van der Waals surface area contributed by atoms with E-state index in [1.54, 1.807) is 12.3 Å². The molecule has 4 nitrogen and oxygen atoms in total. The average Bonchev–Trinajstić information content (AvgIpc) is 3.23. The van der Waals surface area contributed by atoms with E-state index in [1.165, 1.54) is 11.3 Å². The lowest BCUT2D eigenvalue weighted by molar-refractivity contribution is 0.0959. The van der Waals surface area contributed by atoms with Crippen LogP contribution in [0.25, 0.3) is 6.08 Å². The summed E-state index contributed by atoms with van der Waals surface area (Å²) in [6.07, 6.45) is 3.42. The number of carbonyl (C=O) groups is 1. The molecule has 1 unspecified atom stereocenters. The molecule has 1 atom stereocenters. The molecule has 1 amide bonds. The van der Waals surface area contributed by atoms with E-state index in [2.05, 4.69) is 10.5 Å². The Morgan fingerprint density at radius 3 is 2.65 bits per heavy atom. The molecule has 2 aromatic carbocycles. The Labute approximate surface area is 155 Å². The first-order valence-electron chi connectivity index (χ1n) is 8.20. The Kier molecular flexibility index (Phi) is 4.62. The standard InChI is InChI=1S/C21H16N2O2S/c24-21(19-11-6-12-26-19)23-22-14-17-13-16-9-4-5-10-18(16)25-20(17)15-7-2-1-3-8-15/h1-14,20H,(H,23,24)/b22-14+. The first-order valence-corrected chi connectivity index (χ1v) is 9.08. The first-order chi connectivity index (χ1) is 12.8. The quantitative estimate of drug-likeness (QED) is 0.542. The van der Waals surface area contributed by atoms with Crippen molar-refractivity contribution >= 4 is 29.5 Å². The summed E-state index contributed by atoms with van der Waals surface area (Å²) < 4.78 is 6.19. The van der Waals surface area contributed by atoms with E-state index >= 15 is 0 Å². The Morgan fingerprint density at radius 1 is 1.04 bits per heavy atom. The predicted octanol–water partition coefficient (Wildman–Crippen LogP) is 4.68. The van der Waals surface area contributed by atoms with Gasteiger partial charge in [0.15, 0.2) is 6.10 Å². The van der Waals surface area contributed by atoms with Crippen molar-refractivity contribution < 1.29 is 9.53 Å². The number of thiophene rings is 1. The van der Waals surface area contributed by atoms with Crippen LogP contribution in [0, 0.1) is 0 Å². The molecule has 0 saturated heterocycles. The number of fused-ring (bicyclic) bond motifs is 1. The van der Waals surface area contributed by atoms with Crippen LogP contribution in [0.15, 0.2) is 82.8 Å². The lowest BCUT2D eigenvalue weighted by atomic mass is 9.97. The summed E-state index contributed by atoms with van der Waals surface area (Å²) in [4.78, 5) is 12.7. The van der Waals surface area contributed by atoms with Crippen molar-refractivity contribution in [3.8, 4) is 5.75 Å². The first kappa shape index (κ1) is 16.3. The van der Waals surface area contributed by atoms with Gasteiger partial charge in [-0.3, -0.25) is 4.79 Å². The van der Waals surface area contributed by atoms with Crippen molar-refractivity contribution in [1.82, 2.24) is 5.43 Å². The number of hydrazone groups is 1. The van der Waals surface area contributed by atoms with Gasteiger partial charge < -0.3 is 4.74 Å². The summed E-state index contributed by atoms with van der Waals surface area (Å²) >= 11 is 1.38. The molecular weight excluding hydrogens is 344 g/mol. The second kappa shape index (κ2) is 7.37. The molecule has 1 aliphatic rings. The number of para-hydroxylation sites is 1. The number of nitrogens with one attached hydrogen (secondary N) is 1. The van der Waals surface area contributed by atoms with Gasteiger partial charge in [0.25, 0.3) is 5.91 Å². The van der Waals surface area contributed by atoms with Crippen molar-refractivity contribution in [2.24, 2.45) is 5.10 Å². The second-order valence-electron chi connectivity index (χ2n) is 5.77. The van der Waals surface area contributed by atoms with E-state index in [0.717, 1.165) is 22.4 Å². The highest BCUT2D eigenvalue weighted by atomic mass is 32.1. The maximum atomic E-state index is 12.0.